The number of aromatic nitrogens is 2. The fourth-order valence-corrected chi connectivity index (χ4v) is 3.67. The van der Waals surface area contributed by atoms with E-state index in [1.54, 1.807) is 0 Å². The van der Waals surface area contributed by atoms with Crippen molar-refractivity contribution in [2.45, 2.75) is 13.3 Å². The highest BCUT2D eigenvalue weighted by atomic mass is 32.1. The number of hydrazone groups is 1. The van der Waals surface area contributed by atoms with Crippen LogP contribution in [-0.2, 0) is 0 Å². The van der Waals surface area contributed by atoms with E-state index in [4.69, 9.17) is 12.2 Å². The van der Waals surface area contributed by atoms with Gasteiger partial charge < -0.3 is 15.1 Å². The number of nitrogens with one attached hydrogen (secondary N) is 2. The normalized spacial score (nSPS) is 18.0. The van der Waals surface area contributed by atoms with Crippen molar-refractivity contribution in [3.8, 4) is 0 Å². The maximum atomic E-state index is 5.57. The molecule has 2 aromatic heterocycles. The highest BCUT2D eigenvalue weighted by Gasteiger charge is 2.21. The molecular weight excluding hydrogens is 358 g/mol. The zero-order chi connectivity index (χ0) is 18.6. The molecule has 0 amide bonds. The summed E-state index contributed by atoms with van der Waals surface area (Å²) in [5.74, 6) is 0. The summed E-state index contributed by atoms with van der Waals surface area (Å²) >= 11 is 5.57. The molecule has 27 heavy (non-hydrogen) atoms. The molecule has 0 aliphatic carbocycles. The predicted octanol–water partition coefficient (Wildman–Crippen LogP) is 2.00. The van der Waals surface area contributed by atoms with Gasteiger partial charge in [-0.15, -0.1) is 0 Å². The van der Waals surface area contributed by atoms with Crippen LogP contribution >= 0.6 is 12.2 Å². The minimum Gasteiger partial charge on any atom is -0.383 e. The maximum absolute atomic E-state index is 5.57. The topological polar surface area (TPSA) is 68.7 Å². The fraction of sp³-hybridized carbons (Fsp3) is 0.368. The average molecular weight is 382 g/mol. The second kappa shape index (κ2) is 7.87. The van der Waals surface area contributed by atoms with Crippen LogP contribution < -0.4 is 15.6 Å². The third-order valence-corrected chi connectivity index (χ3v) is 5.33. The highest BCUT2D eigenvalue weighted by Crippen LogP contribution is 2.23. The van der Waals surface area contributed by atoms with Gasteiger partial charge in [0.05, 0.1) is 11.4 Å². The molecule has 0 bridgehead atoms. The Morgan fingerprint density at radius 3 is 2.70 bits per heavy atom. The summed E-state index contributed by atoms with van der Waals surface area (Å²) in [7, 11) is 0. The first-order chi connectivity index (χ1) is 13.2. The number of thiocarbonyl (C=S) groups is 1. The van der Waals surface area contributed by atoms with Crippen LogP contribution in [0.2, 0.25) is 0 Å². The molecule has 2 aromatic rings. The zero-order valence-corrected chi connectivity index (χ0v) is 16.2. The third kappa shape index (κ3) is 3.85. The van der Waals surface area contributed by atoms with E-state index in [1.807, 2.05) is 36.8 Å². The van der Waals surface area contributed by atoms with Crippen LogP contribution in [0.3, 0.4) is 0 Å². The van der Waals surface area contributed by atoms with Crippen molar-refractivity contribution < 1.29 is 0 Å². The largest absolute Gasteiger partial charge is 0.383 e. The average Bonchev–Trinajstić information content (AvgIpc) is 2.73. The number of rotatable bonds is 2. The van der Waals surface area contributed by atoms with Crippen molar-refractivity contribution in [2.24, 2.45) is 5.10 Å². The first kappa shape index (κ1) is 17.7. The number of nitrogens with zero attached hydrogens (tertiary/aromatic N) is 5. The number of anilines is 2. The van der Waals surface area contributed by atoms with Gasteiger partial charge in [0.15, 0.2) is 5.11 Å². The Morgan fingerprint density at radius 2 is 1.93 bits per heavy atom. The summed E-state index contributed by atoms with van der Waals surface area (Å²) in [4.78, 5) is 13.1. The molecule has 8 heteroatoms. The molecule has 4 heterocycles. The molecule has 4 rings (SSSR count). The van der Waals surface area contributed by atoms with Crippen LogP contribution in [0.1, 0.15) is 17.7 Å². The number of pyridine rings is 2. The lowest BCUT2D eigenvalue weighted by atomic mass is 10.0. The van der Waals surface area contributed by atoms with Gasteiger partial charge >= 0.3 is 0 Å². The van der Waals surface area contributed by atoms with E-state index < -0.39 is 0 Å². The molecule has 0 aromatic carbocycles. The monoisotopic (exact) mass is 381 g/mol. The van der Waals surface area contributed by atoms with Crippen LogP contribution in [0.15, 0.2) is 41.9 Å². The second-order valence-corrected chi connectivity index (χ2v) is 7.07. The van der Waals surface area contributed by atoms with E-state index in [2.05, 4.69) is 42.5 Å². The third-order valence-electron chi connectivity index (χ3n) is 4.98. The van der Waals surface area contributed by atoms with Gasteiger partial charge in [-0.3, -0.25) is 15.4 Å². The molecule has 2 aliphatic rings. The molecule has 1 fully saturated rings. The SMILES string of the molecule is Cc1ccnc2c1NCC/C2=N/NC(=S)N1CCN(c2ccncc2)CC1. The number of aryl methyl sites for hydroxylation is 1. The first-order valence-electron chi connectivity index (χ1n) is 9.18. The molecular formula is C19H23N7S. The Labute approximate surface area is 164 Å². The lowest BCUT2D eigenvalue weighted by molar-refractivity contribution is 0.381. The predicted molar refractivity (Wildman–Crippen MR) is 112 cm³/mol. The molecule has 0 unspecified atom stereocenters. The van der Waals surface area contributed by atoms with Crippen LogP contribution in [0.4, 0.5) is 11.4 Å². The summed E-state index contributed by atoms with van der Waals surface area (Å²) in [5, 5.41) is 8.66. The van der Waals surface area contributed by atoms with Gasteiger partial charge in [0.2, 0.25) is 0 Å². The van der Waals surface area contributed by atoms with Crippen molar-refractivity contribution in [3.63, 3.8) is 0 Å². The zero-order valence-electron chi connectivity index (χ0n) is 15.4. The summed E-state index contributed by atoms with van der Waals surface area (Å²) in [5.41, 5.74) is 8.41. The molecule has 0 atom stereocenters. The smallest absolute Gasteiger partial charge is 0.189 e. The molecule has 7 nitrogen and oxygen atoms in total. The van der Waals surface area contributed by atoms with Crippen molar-refractivity contribution in [2.75, 3.05) is 42.9 Å². The summed E-state index contributed by atoms with van der Waals surface area (Å²) in [6.07, 6.45) is 6.31. The Balaban J connectivity index is 1.37. The van der Waals surface area contributed by atoms with Crippen LogP contribution in [0.5, 0.6) is 0 Å². The molecule has 140 valence electrons. The molecule has 2 N–H and O–H groups in total. The van der Waals surface area contributed by atoms with Gasteiger partial charge in [-0.1, -0.05) is 0 Å². The van der Waals surface area contributed by atoms with Gasteiger partial charge in [0.1, 0.15) is 5.69 Å². The van der Waals surface area contributed by atoms with Gasteiger partial charge in [-0.25, -0.2) is 0 Å². The maximum Gasteiger partial charge on any atom is 0.189 e. The van der Waals surface area contributed by atoms with E-state index >= 15 is 0 Å². The Morgan fingerprint density at radius 1 is 1.15 bits per heavy atom. The van der Waals surface area contributed by atoms with Crippen LogP contribution in [0.25, 0.3) is 0 Å². The van der Waals surface area contributed by atoms with Crippen molar-refractivity contribution in [1.82, 2.24) is 20.3 Å². The van der Waals surface area contributed by atoms with E-state index in [0.717, 1.165) is 56.2 Å². The number of piperazine rings is 1. The van der Waals surface area contributed by atoms with Gasteiger partial charge in [0.25, 0.3) is 0 Å². The highest BCUT2D eigenvalue weighted by molar-refractivity contribution is 7.80. The molecule has 0 radical (unpaired) electrons. The lowest BCUT2D eigenvalue weighted by Gasteiger charge is -2.37. The Hall–Kier alpha value is -2.74. The fourth-order valence-electron chi connectivity index (χ4n) is 3.44. The van der Waals surface area contributed by atoms with E-state index in [0.29, 0.717) is 5.11 Å². The number of hydrogen-bond donors (Lipinski definition) is 2. The first-order valence-corrected chi connectivity index (χ1v) is 9.59. The number of hydrogen-bond acceptors (Lipinski definition) is 6. The van der Waals surface area contributed by atoms with Crippen molar-refractivity contribution in [3.05, 3.63) is 48.0 Å². The molecule has 2 aliphatic heterocycles. The van der Waals surface area contributed by atoms with Gasteiger partial charge in [0, 0.05) is 63.4 Å². The standard InChI is InChI=1S/C19H23N7S/c1-14-2-8-22-18-16(5-9-21-17(14)18)23-24-19(27)26-12-10-25(11-13-26)15-3-6-20-7-4-15/h2-4,6-8,21H,5,9-13H2,1H3,(H,24,27)/b23-16-. The summed E-state index contributed by atoms with van der Waals surface area (Å²) < 4.78 is 0. The van der Waals surface area contributed by atoms with E-state index in [-0.39, 0.29) is 0 Å². The minimum absolute atomic E-state index is 0.671. The van der Waals surface area contributed by atoms with Crippen molar-refractivity contribution >= 4 is 34.4 Å². The Kier molecular flexibility index (Phi) is 5.15. The second-order valence-electron chi connectivity index (χ2n) is 6.68. The molecule has 0 saturated carbocycles. The number of fused-ring (bicyclic) bond motifs is 1. The lowest BCUT2D eigenvalue weighted by Crippen LogP contribution is -2.51. The summed E-state index contributed by atoms with van der Waals surface area (Å²) in [6, 6.07) is 6.10. The quantitative estimate of drug-likeness (QED) is 0.609. The Bertz CT molecular complexity index is 844. The van der Waals surface area contributed by atoms with Crippen LogP contribution in [0, 0.1) is 6.92 Å². The minimum atomic E-state index is 0.671. The van der Waals surface area contributed by atoms with E-state index in [9.17, 15) is 0 Å². The van der Waals surface area contributed by atoms with Gasteiger partial charge in [-0.05, 0) is 42.9 Å². The van der Waals surface area contributed by atoms with Gasteiger partial charge in [-0.2, -0.15) is 5.10 Å². The van der Waals surface area contributed by atoms with Crippen molar-refractivity contribution in [1.29, 1.82) is 0 Å². The summed E-state index contributed by atoms with van der Waals surface area (Å²) in [6.45, 7) is 6.53. The van der Waals surface area contributed by atoms with Crippen LogP contribution in [-0.4, -0.2) is 58.4 Å². The molecule has 0 spiro atoms. The molecule has 1 saturated heterocycles. The van der Waals surface area contributed by atoms with E-state index in [1.165, 1.54) is 11.3 Å².